The zero-order valence-corrected chi connectivity index (χ0v) is 20.5. The number of nitrogens with zero attached hydrogens (tertiary/aromatic N) is 1. The Hall–Kier alpha value is -2.16. The van der Waals surface area contributed by atoms with Crippen molar-refractivity contribution < 1.29 is 13.2 Å². The zero-order chi connectivity index (χ0) is 22.9. The zero-order valence-electron chi connectivity index (χ0n) is 18.9. The summed E-state index contributed by atoms with van der Waals surface area (Å²) < 4.78 is 36.9. The summed E-state index contributed by atoms with van der Waals surface area (Å²) in [4.78, 5) is 12.3. The van der Waals surface area contributed by atoms with E-state index >= 15 is 0 Å². The summed E-state index contributed by atoms with van der Waals surface area (Å²) in [5, 5.41) is 0. The molecule has 31 heavy (non-hydrogen) atoms. The number of nitrogens with one attached hydrogen (secondary N) is 1. The number of hydrogen-bond acceptors (Lipinski definition) is 5. The second kappa shape index (κ2) is 9.14. The number of ether oxygens (including phenoxy) is 1. The number of fused-ring (bicyclic) bond motifs is 1. The summed E-state index contributed by atoms with van der Waals surface area (Å²) in [5.74, 6) is 1.05. The van der Waals surface area contributed by atoms with E-state index in [2.05, 4.69) is 18.6 Å². The molecule has 168 valence electrons. The van der Waals surface area contributed by atoms with Crippen LogP contribution >= 0.6 is 11.3 Å². The Morgan fingerprint density at radius 3 is 2.45 bits per heavy atom. The van der Waals surface area contributed by atoms with Gasteiger partial charge in [-0.2, -0.15) is 0 Å². The van der Waals surface area contributed by atoms with Gasteiger partial charge in [0.05, 0.1) is 22.2 Å². The van der Waals surface area contributed by atoms with E-state index in [9.17, 15) is 13.2 Å². The fraction of sp³-hybridized carbons (Fsp3) is 0.435. The van der Waals surface area contributed by atoms with Crippen LogP contribution in [0.4, 0.5) is 0 Å². The minimum Gasteiger partial charge on any atom is -0.496 e. The number of rotatable bonds is 8. The van der Waals surface area contributed by atoms with E-state index in [1.54, 1.807) is 29.9 Å². The van der Waals surface area contributed by atoms with Crippen molar-refractivity contribution >= 4 is 31.6 Å². The number of thiazole rings is 1. The molecule has 1 N–H and O–H groups in total. The molecule has 1 atom stereocenters. The SMILES string of the molecule is CCCn1c(=O)sc2cc(S(=O)(=O)N[C@@H](C)c3cc(C(C)C)c(OC)cc3C)ccc21. The van der Waals surface area contributed by atoms with Crippen LogP contribution in [-0.2, 0) is 16.6 Å². The molecular formula is C23H30N2O4S2. The molecule has 0 amide bonds. The van der Waals surface area contributed by atoms with Crippen molar-refractivity contribution in [3.8, 4) is 5.75 Å². The van der Waals surface area contributed by atoms with Crippen molar-refractivity contribution in [2.75, 3.05) is 7.11 Å². The number of hydrogen-bond donors (Lipinski definition) is 1. The Bertz CT molecular complexity index is 1260. The van der Waals surface area contributed by atoms with Gasteiger partial charge in [0.25, 0.3) is 0 Å². The summed E-state index contributed by atoms with van der Waals surface area (Å²) in [6.07, 6.45) is 0.838. The molecule has 0 aliphatic carbocycles. The molecule has 1 aromatic heterocycles. The fourth-order valence-corrected chi connectivity index (χ4v) is 6.10. The molecule has 0 spiro atoms. The molecule has 0 unspecified atom stereocenters. The molecule has 6 nitrogen and oxygen atoms in total. The molecule has 3 rings (SSSR count). The first-order valence-electron chi connectivity index (χ1n) is 10.4. The summed E-state index contributed by atoms with van der Waals surface area (Å²) >= 11 is 1.08. The molecule has 0 fully saturated rings. The van der Waals surface area contributed by atoms with Gasteiger partial charge in [0.15, 0.2) is 0 Å². The van der Waals surface area contributed by atoms with Crippen LogP contribution in [-0.4, -0.2) is 20.1 Å². The quantitative estimate of drug-likeness (QED) is 0.514. The standard InChI is InChI=1S/C23H30N2O4S2/c1-7-10-25-20-9-8-17(12-22(20)30-23(25)26)31(27,28)24-16(5)19-13-18(14(2)3)21(29-6)11-15(19)4/h8-9,11-14,16,24H,7,10H2,1-6H3/t16-/m0/s1. The van der Waals surface area contributed by atoms with Crippen LogP contribution in [0.3, 0.4) is 0 Å². The Morgan fingerprint density at radius 1 is 1.13 bits per heavy atom. The Balaban J connectivity index is 1.95. The van der Waals surface area contributed by atoms with Gasteiger partial charge in [0.2, 0.25) is 10.0 Å². The van der Waals surface area contributed by atoms with E-state index in [1.807, 2.05) is 32.9 Å². The average Bonchev–Trinajstić information content (AvgIpc) is 3.01. The smallest absolute Gasteiger partial charge is 0.308 e. The first-order chi connectivity index (χ1) is 14.6. The number of aromatic nitrogens is 1. The third kappa shape index (κ3) is 4.71. The number of sulfonamides is 1. The van der Waals surface area contributed by atoms with Gasteiger partial charge in [-0.3, -0.25) is 9.36 Å². The molecule has 3 aromatic rings. The average molecular weight is 463 g/mol. The molecule has 0 aliphatic rings. The van der Waals surface area contributed by atoms with Crippen molar-refractivity contribution in [2.24, 2.45) is 0 Å². The number of methoxy groups -OCH3 is 1. The molecule has 1 heterocycles. The predicted octanol–water partition coefficient (Wildman–Crippen LogP) is 4.95. The van der Waals surface area contributed by atoms with Gasteiger partial charge in [-0.1, -0.05) is 32.1 Å². The lowest BCUT2D eigenvalue weighted by Crippen LogP contribution is -2.27. The Labute approximate surface area is 187 Å². The van der Waals surface area contributed by atoms with Gasteiger partial charge in [-0.25, -0.2) is 13.1 Å². The maximum atomic E-state index is 13.1. The first-order valence-corrected chi connectivity index (χ1v) is 12.7. The van der Waals surface area contributed by atoms with Crippen molar-refractivity contribution in [3.63, 3.8) is 0 Å². The number of benzene rings is 2. The highest BCUT2D eigenvalue weighted by atomic mass is 32.2. The second-order valence-corrected chi connectivity index (χ2v) is 10.8. The second-order valence-electron chi connectivity index (χ2n) is 8.10. The van der Waals surface area contributed by atoms with Crippen molar-refractivity contribution in [1.29, 1.82) is 0 Å². The monoisotopic (exact) mass is 462 g/mol. The van der Waals surface area contributed by atoms with Crippen molar-refractivity contribution in [1.82, 2.24) is 9.29 Å². The van der Waals surface area contributed by atoms with Gasteiger partial charge in [0.1, 0.15) is 5.75 Å². The van der Waals surface area contributed by atoms with E-state index < -0.39 is 16.1 Å². The maximum Gasteiger partial charge on any atom is 0.308 e. The van der Waals surface area contributed by atoms with E-state index in [0.29, 0.717) is 11.2 Å². The third-order valence-electron chi connectivity index (χ3n) is 5.44. The molecule has 8 heteroatoms. The topological polar surface area (TPSA) is 77.4 Å². The van der Waals surface area contributed by atoms with Crippen molar-refractivity contribution in [2.45, 2.75) is 64.4 Å². The molecule has 0 bridgehead atoms. The van der Waals surface area contributed by atoms with Crippen LogP contribution < -0.4 is 14.3 Å². The Morgan fingerprint density at radius 2 is 1.84 bits per heavy atom. The molecule has 0 saturated carbocycles. The lowest BCUT2D eigenvalue weighted by atomic mass is 9.94. The van der Waals surface area contributed by atoms with Crippen LogP contribution in [0.5, 0.6) is 5.75 Å². The van der Waals surface area contributed by atoms with E-state index in [0.717, 1.165) is 45.7 Å². The van der Waals surface area contributed by atoms with Gasteiger partial charge >= 0.3 is 4.87 Å². The van der Waals surface area contributed by atoms with Crippen LogP contribution in [0.15, 0.2) is 40.0 Å². The van der Waals surface area contributed by atoms with Crippen LogP contribution in [0.2, 0.25) is 0 Å². The van der Waals surface area contributed by atoms with Gasteiger partial charge in [-0.15, -0.1) is 0 Å². The van der Waals surface area contributed by atoms with Crippen LogP contribution in [0.25, 0.3) is 10.2 Å². The van der Waals surface area contributed by atoms with E-state index in [1.165, 1.54) is 0 Å². The number of aryl methyl sites for hydroxylation is 2. The third-order valence-corrected chi connectivity index (χ3v) is 7.92. The largest absolute Gasteiger partial charge is 0.496 e. The lowest BCUT2D eigenvalue weighted by Gasteiger charge is -2.21. The summed E-state index contributed by atoms with van der Waals surface area (Å²) in [6.45, 7) is 10.6. The molecule has 2 aromatic carbocycles. The molecule has 0 aliphatic heterocycles. The minimum atomic E-state index is -3.77. The van der Waals surface area contributed by atoms with E-state index in [-0.39, 0.29) is 15.7 Å². The van der Waals surface area contributed by atoms with Crippen LogP contribution in [0.1, 0.15) is 62.8 Å². The summed E-state index contributed by atoms with van der Waals surface area (Å²) in [7, 11) is -2.12. The molecular weight excluding hydrogens is 432 g/mol. The normalized spacial score (nSPS) is 13.1. The lowest BCUT2D eigenvalue weighted by molar-refractivity contribution is 0.406. The maximum absolute atomic E-state index is 13.1. The Kier molecular flexibility index (Phi) is 6.93. The summed E-state index contributed by atoms with van der Waals surface area (Å²) in [6, 6.07) is 8.42. The highest BCUT2D eigenvalue weighted by Crippen LogP contribution is 2.32. The van der Waals surface area contributed by atoms with Gasteiger partial charge < -0.3 is 4.74 Å². The van der Waals surface area contributed by atoms with Gasteiger partial charge in [-0.05, 0) is 73.2 Å². The van der Waals surface area contributed by atoms with Gasteiger partial charge in [0, 0.05) is 12.6 Å². The predicted molar refractivity (Wildman–Crippen MR) is 127 cm³/mol. The first kappa shape index (κ1) is 23.5. The fourth-order valence-electron chi connectivity index (χ4n) is 3.82. The van der Waals surface area contributed by atoms with Crippen LogP contribution in [0, 0.1) is 6.92 Å². The minimum absolute atomic E-state index is 0.0669. The van der Waals surface area contributed by atoms with Crippen molar-refractivity contribution in [3.05, 3.63) is 56.7 Å². The summed E-state index contributed by atoms with van der Waals surface area (Å²) in [5.41, 5.74) is 3.68. The van der Waals surface area contributed by atoms with E-state index in [4.69, 9.17) is 4.74 Å². The molecule has 0 saturated heterocycles. The molecule has 0 radical (unpaired) electrons. The highest BCUT2D eigenvalue weighted by Gasteiger charge is 2.22. The highest BCUT2D eigenvalue weighted by molar-refractivity contribution is 7.89.